The molecule has 2 aromatic rings. The van der Waals surface area contributed by atoms with Crippen LogP contribution in [0.25, 0.3) is 0 Å². The van der Waals surface area contributed by atoms with Crippen LogP contribution in [0.15, 0.2) is 16.7 Å². The number of hydrogen-bond acceptors (Lipinski definition) is 6. The summed E-state index contributed by atoms with van der Waals surface area (Å²) >= 11 is 0. The highest BCUT2D eigenvalue weighted by Crippen LogP contribution is 2.23. The number of oxazole rings is 1. The molecule has 0 aliphatic rings. The SMILES string of the molecule is Cc1cnc(C(C)Nc2nc(NN)c(F)cc2F)o1. The van der Waals surface area contributed by atoms with Gasteiger partial charge in [-0.15, -0.1) is 0 Å². The zero-order valence-electron chi connectivity index (χ0n) is 10.4. The molecule has 0 saturated carbocycles. The van der Waals surface area contributed by atoms with Gasteiger partial charge >= 0.3 is 0 Å². The van der Waals surface area contributed by atoms with E-state index in [2.05, 4.69) is 15.3 Å². The third-order valence-corrected chi connectivity index (χ3v) is 2.43. The predicted octanol–water partition coefficient (Wildman–Crippen LogP) is 2.11. The number of anilines is 2. The Morgan fingerprint density at radius 1 is 1.32 bits per heavy atom. The average molecular weight is 269 g/mol. The molecule has 2 rings (SSSR count). The van der Waals surface area contributed by atoms with Crippen molar-refractivity contribution in [2.45, 2.75) is 19.9 Å². The first kappa shape index (κ1) is 13.2. The molecule has 0 spiro atoms. The fourth-order valence-electron chi connectivity index (χ4n) is 1.51. The van der Waals surface area contributed by atoms with E-state index in [0.29, 0.717) is 17.7 Å². The fourth-order valence-corrected chi connectivity index (χ4v) is 1.51. The van der Waals surface area contributed by atoms with Crippen molar-refractivity contribution in [2.75, 3.05) is 10.7 Å². The number of hydrazine groups is 1. The van der Waals surface area contributed by atoms with Crippen molar-refractivity contribution in [1.82, 2.24) is 9.97 Å². The molecular weight excluding hydrogens is 256 g/mol. The van der Waals surface area contributed by atoms with E-state index in [4.69, 9.17) is 10.3 Å². The van der Waals surface area contributed by atoms with Crippen LogP contribution >= 0.6 is 0 Å². The molecule has 102 valence electrons. The molecule has 1 atom stereocenters. The van der Waals surface area contributed by atoms with E-state index in [1.807, 2.05) is 5.43 Å². The maximum Gasteiger partial charge on any atom is 0.216 e. The van der Waals surface area contributed by atoms with E-state index >= 15 is 0 Å². The Labute approximate surface area is 108 Å². The summed E-state index contributed by atoms with van der Waals surface area (Å²) in [5, 5.41) is 2.74. The van der Waals surface area contributed by atoms with Gasteiger partial charge in [0.2, 0.25) is 5.89 Å². The molecule has 0 radical (unpaired) electrons. The van der Waals surface area contributed by atoms with E-state index < -0.39 is 17.7 Å². The Balaban J connectivity index is 2.23. The quantitative estimate of drug-likeness (QED) is 0.582. The van der Waals surface area contributed by atoms with E-state index in [-0.39, 0.29) is 11.6 Å². The lowest BCUT2D eigenvalue weighted by Gasteiger charge is -2.13. The Morgan fingerprint density at radius 3 is 2.58 bits per heavy atom. The second kappa shape index (κ2) is 5.19. The lowest BCUT2D eigenvalue weighted by molar-refractivity contribution is 0.452. The normalized spacial score (nSPS) is 12.3. The second-order valence-electron chi connectivity index (χ2n) is 3.97. The van der Waals surface area contributed by atoms with Crippen LogP contribution in [0.2, 0.25) is 0 Å². The van der Waals surface area contributed by atoms with Crippen LogP contribution in [0, 0.1) is 18.6 Å². The molecule has 8 heteroatoms. The van der Waals surface area contributed by atoms with Gasteiger partial charge in [-0.1, -0.05) is 0 Å². The molecule has 6 nitrogen and oxygen atoms in total. The Bertz CT molecular complexity index is 586. The molecule has 0 amide bonds. The topological polar surface area (TPSA) is 89.0 Å². The van der Waals surface area contributed by atoms with Crippen LogP contribution in [0.5, 0.6) is 0 Å². The summed E-state index contributed by atoms with van der Waals surface area (Å²) in [6.45, 7) is 3.46. The van der Waals surface area contributed by atoms with Crippen molar-refractivity contribution < 1.29 is 13.2 Å². The highest BCUT2D eigenvalue weighted by Gasteiger charge is 2.16. The Morgan fingerprint density at radius 2 is 2.00 bits per heavy atom. The zero-order valence-corrected chi connectivity index (χ0v) is 10.4. The van der Waals surface area contributed by atoms with Crippen LogP contribution < -0.4 is 16.6 Å². The van der Waals surface area contributed by atoms with Gasteiger partial charge < -0.3 is 15.2 Å². The molecule has 2 aromatic heterocycles. The number of nitrogens with two attached hydrogens (primary N) is 1. The van der Waals surface area contributed by atoms with Crippen LogP contribution in [-0.2, 0) is 0 Å². The van der Waals surface area contributed by atoms with Crippen molar-refractivity contribution in [3.05, 3.63) is 35.5 Å². The van der Waals surface area contributed by atoms with Gasteiger partial charge in [0.1, 0.15) is 11.8 Å². The summed E-state index contributed by atoms with van der Waals surface area (Å²) in [6.07, 6.45) is 1.55. The van der Waals surface area contributed by atoms with Crippen molar-refractivity contribution >= 4 is 11.6 Å². The van der Waals surface area contributed by atoms with Gasteiger partial charge in [-0.25, -0.2) is 24.6 Å². The van der Waals surface area contributed by atoms with Crippen LogP contribution in [0.1, 0.15) is 24.6 Å². The molecule has 0 fully saturated rings. The van der Waals surface area contributed by atoms with Crippen molar-refractivity contribution in [1.29, 1.82) is 0 Å². The number of nitrogens with one attached hydrogen (secondary N) is 2. The van der Waals surface area contributed by atoms with Crippen molar-refractivity contribution in [2.24, 2.45) is 5.84 Å². The van der Waals surface area contributed by atoms with E-state index in [1.165, 1.54) is 0 Å². The first-order valence-electron chi connectivity index (χ1n) is 5.52. The number of pyridine rings is 1. The molecule has 0 aliphatic heterocycles. The summed E-state index contributed by atoms with van der Waals surface area (Å²) in [7, 11) is 0. The lowest BCUT2D eigenvalue weighted by atomic mass is 10.3. The highest BCUT2D eigenvalue weighted by molar-refractivity contribution is 5.47. The number of nitrogens with zero attached hydrogens (tertiary/aromatic N) is 2. The highest BCUT2D eigenvalue weighted by atomic mass is 19.1. The number of aromatic nitrogens is 2. The minimum atomic E-state index is -0.870. The summed E-state index contributed by atoms with van der Waals surface area (Å²) in [5.41, 5.74) is 2.05. The van der Waals surface area contributed by atoms with Crippen LogP contribution in [0.3, 0.4) is 0 Å². The Hall–Kier alpha value is -2.22. The molecule has 0 bridgehead atoms. The minimum Gasteiger partial charge on any atom is -0.444 e. The van der Waals surface area contributed by atoms with Gasteiger partial charge in [0.25, 0.3) is 0 Å². The molecule has 0 aliphatic carbocycles. The number of aryl methyl sites for hydroxylation is 1. The number of halogens is 2. The molecule has 4 N–H and O–H groups in total. The third kappa shape index (κ3) is 2.79. The lowest BCUT2D eigenvalue weighted by Crippen LogP contribution is -2.15. The van der Waals surface area contributed by atoms with Crippen LogP contribution in [-0.4, -0.2) is 9.97 Å². The summed E-state index contributed by atoms with van der Waals surface area (Å²) in [6, 6.07) is 0.268. The van der Waals surface area contributed by atoms with Crippen LogP contribution in [0.4, 0.5) is 20.4 Å². The van der Waals surface area contributed by atoms with Gasteiger partial charge in [0.15, 0.2) is 23.3 Å². The molecule has 0 aromatic carbocycles. The van der Waals surface area contributed by atoms with E-state index in [0.717, 1.165) is 0 Å². The smallest absolute Gasteiger partial charge is 0.216 e. The molecule has 19 heavy (non-hydrogen) atoms. The van der Waals surface area contributed by atoms with Gasteiger partial charge in [-0.05, 0) is 13.8 Å². The fraction of sp³-hybridized carbons (Fsp3) is 0.273. The summed E-state index contributed by atoms with van der Waals surface area (Å²) in [5.74, 6) is 4.01. The maximum atomic E-state index is 13.6. The van der Waals surface area contributed by atoms with Crippen molar-refractivity contribution in [3.8, 4) is 0 Å². The van der Waals surface area contributed by atoms with Gasteiger partial charge in [0.05, 0.1) is 6.20 Å². The zero-order chi connectivity index (χ0) is 14.0. The summed E-state index contributed by atoms with van der Waals surface area (Å²) in [4.78, 5) is 7.70. The number of nitrogen functional groups attached to an aromatic ring is 1. The second-order valence-corrected chi connectivity index (χ2v) is 3.97. The minimum absolute atomic E-state index is 0.141. The van der Waals surface area contributed by atoms with Crippen molar-refractivity contribution in [3.63, 3.8) is 0 Å². The monoisotopic (exact) mass is 269 g/mol. The molecular formula is C11H13F2N5O. The van der Waals surface area contributed by atoms with Gasteiger partial charge in [-0.2, -0.15) is 0 Å². The average Bonchev–Trinajstić information content (AvgIpc) is 2.79. The Kier molecular flexibility index (Phi) is 3.61. The first-order chi connectivity index (χ1) is 9.01. The standard InChI is InChI=1S/C11H13F2N5O/c1-5-4-15-11(19-5)6(2)16-9-7(12)3-8(13)10(17-9)18-14/h3-4,6H,14H2,1-2H3,(H2,16,17,18). The molecule has 2 heterocycles. The number of rotatable bonds is 4. The largest absolute Gasteiger partial charge is 0.444 e. The molecule has 1 unspecified atom stereocenters. The van der Waals surface area contributed by atoms with E-state index in [9.17, 15) is 8.78 Å². The number of hydrogen-bond donors (Lipinski definition) is 3. The van der Waals surface area contributed by atoms with Gasteiger partial charge in [-0.3, -0.25) is 0 Å². The van der Waals surface area contributed by atoms with E-state index in [1.54, 1.807) is 20.0 Å². The van der Waals surface area contributed by atoms with Gasteiger partial charge in [0, 0.05) is 6.07 Å². The maximum absolute atomic E-state index is 13.6. The summed E-state index contributed by atoms with van der Waals surface area (Å²) < 4.78 is 32.1. The third-order valence-electron chi connectivity index (χ3n) is 2.43. The first-order valence-corrected chi connectivity index (χ1v) is 5.52. The molecule has 0 saturated heterocycles. The predicted molar refractivity (Wildman–Crippen MR) is 65.2 cm³/mol.